The number of aliphatic hydroxyl groups is 1. The molecule has 3 amide bonds. The number of benzene rings is 1. The summed E-state index contributed by atoms with van der Waals surface area (Å²) in [6.07, 6.45) is 10.4. The summed E-state index contributed by atoms with van der Waals surface area (Å²) in [7, 11) is 0. The number of thioether (sulfide) groups is 1. The van der Waals surface area contributed by atoms with Gasteiger partial charge >= 0.3 is 0 Å². The van der Waals surface area contributed by atoms with Gasteiger partial charge in [-0.25, -0.2) is 0 Å². The van der Waals surface area contributed by atoms with E-state index in [4.69, 9.17) is 4.74 Å². The molecule has 2 fully saturated rings. The second-order valence-corrected chi connectivity index (χ2v) is 13.2. The molecule has 1 aromatic carbocycles. The van der Waals surface area contributed by atoms with Crippen LogP contribution in [0.4, 0.5) is 5.69 Å². The summed E-state index contributed by atoms with van der Waals surface area (Å²) in [6.45, 7) is 9.79. The molecule has 8 nitrogen and oxygen atoms in total. The maximum atomic E-state index is 14.5. The number of carbonyl (C=O) groups is 3. The largest absolute Gasteiger partial charge is 0.494 e. The van der Waals surface area contributed by atoms with Crippen molar-refractivity contribution >= 4 is 35.2 Å². The first-order valence-corrected chi connectivity index (χ1v) is 15.4. The van der Waals surface area contributed by atoms with E-state index in [1.54, 1.807) is 21.6 Å². The molecule has 0 bridgehead atoms. The lowest BCUT2D eigenvalue weighted by Gasteiger charge is -2.38. The molecule has 1 N–H and O–H groups in total. The number of ether oxygens (including phenoxy) is 1. The number of amides is 3. The fourth-order valence-electron chi connectivity index (χ4n) is 7.11. The van der Waals surface area contributed by atoms with Crippen LogP contribution >= 0.6 is 11.8 Å². The quantitative estimate of drug-likeness (QED) is 0.459. The molecule has 0 radical (unpaired) electrons. The third-order valence-corrected chi connectivity index (χ3v) is 10.6. The van der Waals surface area contributed by atoms with Gasteiger partial charge in [0.25, 0.3) is 0 Å². The van der Waals surface area contributed by atoms with E-state index in [9.17, 15) is 19.5 Å². The zero-order valence-corrected chi connectivity index (χ0v) is 24.7. The van der Waals surface area contributed by atoms with Gasteiger partial charge in [-0.2, -0.15) is 0 Å². The fraction of sp³-hybridized carbons (Fsp3) is 0.581. The van der Waals surface area contributed by atoms with Crippen molar-refractivity contribution < 1.29 is 24.2 Å². The van der Waals surface area contributed by atoms with Gasteiger partial charge in [0, 0.05) is 42.7 Å². The van der Waals surface area contributed by atoms with Gasteiger partial charge in [0.1, 0.15) is 11.8 Å². The van der Waals surface area contributed by atoms with E-state index in [1.165, 1.54) is 0 Å². The average molecular weight is 568 g/mol. The van der Waals surface area contributed by atoms with Gasteiger partial charge in [0.2, 0.25) is 17.7 Å². The molecule has 1 aromatic rings. The van der Waals surface area contributed by atoms with Crippen LogP contribution < -0.4 is 9.64 Å². The minimum Gasteiger partial charge on any atom is -0.494 e. The van der Waals surface area contributed by atoms with Gasteiger partial charge < -0.3 is 24.5 Å². The van der Waals surface area contributed by atoms with Crippen LogP contribution in [0.25, 0.3) is 0 Å². The molecule has 2 unspecified atom stereocenters. The van der Waals surface area contributed by atoms with Crippen molar-refractivity contribution in [3.8, 4) is 5.75 Å². The smallest absolute Gasteiger partial charge is 0.247 e. The van der Waals surface area contributed by atoms with Crippen molar-refractivity contribution in [2.24, 2.45) is 11.8 Å². The molecule has 2 saturated heterocycles. The number of fused-ring (bicyclic) bond motifs is 2. The molecule has 40 heavy (non-hydrogen) atoms. The van der Waals surface area contributed by atoms with Crippen LogP contribution in [-0.2, 0) is 14.4 Å². The molecule has 4 aliphatic rings. The zero-order chi connectivity index (χ0) is 28.7. The van der Waals surface area contributed by atoms with Crippen molar-refractivity contribution in [2.75, 3.05) is 37.7 Å². The topological polar surface area (TPSA) is 90.4 Å². The molecular formula is C31H41N3O5S. The number of anilines is 1. The maximum Gasteiger partial charge on any atom is 0.247 e. The van der Waals surface area contributed by atoms with Crippen LogP contribution in [-0.4, -0.2) is 87.1 Å². The third kappa shape index (κ3) is 4.55. The van der Waals surface area contributed by atoms with Gasteiger partial charge in [-0.1, -0.05) is 37.6 Å². The minimum absolute atomic E-state index is 0.0373. The molecular weight excluding hydrogens is 526 g/mol. The summed E-state index contributed by atoms with van der Waals surface area (Å²) in [5, 5.41) is 9.63. The summed E-state index contributed by atoms with van der Waals surface area (Å²) in [6, 6.07) is 6.80. The van der Waals surface area contributed by atoms with Crippen molar-refractivity contribution in [3.05, 3.63) is 48.6 Å². The summed E-state index contributed by atoms with van der Waals surface area (Å²) < 4.78 is 4.06. The second kappa shape index (κ2) is 11.2. The molecule has 0 aromatic heterocycles. The van der Waals surface area contributed by atoms with Gasteiger partial charge in [-0.05, 0) is 57.9 Å². The van der Waals surface area contributed by atoms with Crippen molar-refractivity contribution in [3.63, 3.8) is 0 Å². The molecule has 9 heteroatoms. The normalized spacial score (nSPS) is 32.1. The zero-order valence-electron chi connectivity index (χ0n) is 23.9. The first kappa shape index (κ1) is 28.7. The Labute approximate surface area is 241 Å². The lowest BCUT2D eigenvalue weighted by atomic mass is 9.74. The molecule has 4 aliphatic heterocycles. The van der Waals surface area contributed by atoms with E-state index in [2.05, 4.69) is 26.0 Å². The Bertz CT molecular complexity index is 1200. The van der Waals surface area contributed by atoms with Crippen LogP contribution in [0.5, 0.6) is 5.75 Å². The average Bonchev–Trinajstić information content (AvgIpc) is 3.19. The number of nitrogens with zero attached hydrogens (tertiary/aromatic N) is 3. The molecule has 4 heterocycles. The van der Waals surface area contributed by atoms with E-state index in [1.807, 2.05) is 55.2 Å². The fourth-order valence-corrected chi connectivity index (χ4v) is 9.27. The number of carbonyl (C=O) groups excluding carboxylic acids is 3. The lowest BCUT2D eigenvalue weighted by Crippen LogP contribution is -2.55. The molecule has 0 aliphatic carbocycles. The van der Waals surface area contributed by atoms with Crippen LogP contribution in [0, 0.1) is 11.8 Å². The summed E-state index contributed by atoms with van der Waals surface area (Å²) in [4.78, 5) is 48.4. The van der Waals surface area contributed by atoms with E-state index in [0.29, 0.717) is 26.1 Å². The highest BCUT2D eigenvalue weighted by Crippen LogP contribution is 2.65. The highest BCUT2D eigenvalue weighted by Gasteiger charge is 2.74. The lowest BCUT2D eigenvalue weighted by molar-refractivity contribution is -0.144. The highest BCUT2D eigenvalue weighted by molar-refractivity contribution is 8.02. The molecule has 216 valence electrons. The van der Waals surface area contributed by atoms with E-state index < -0.39 is 27.4 Å². The monoisotopic (exact) mass is 567 g/mol. The Morgan fingerprint density at radius 1 is 1.02 bits per heavy atom. The Balaban J connectivity index is 1.57. The predicted octanol–water partition coefficient (Wildman–Crippen LogP) is 3.65. The molecule has 6 atom stereocenters. The van der Waals surface area contributed by atoms with Crippen molar-refractivity contribution in [1.29, 1.82) is 0 Å². The first-order chi connectivity index (χ1) is 19.2. The summed E-state index contributed by atoms with van der Waals surface area (Å²) in [5.74, 6) is -0.933. The number of rotatable bonds is 9. The van der Waals surface area contributed by atoms with Gasteiger partial charge in [-0.3, -0.25) is 14.4 Å². The summed E-state index contributed by atoms with van der Waals surface area (Å²) >= 11 is 1.59. The third-order valence-electron chi connectivity index (χ3n) is 8.84. The first-order valence-electron chi connectivity index (χ1n) is 14.5. The minimum atomic E-state index is -0.869. The van der Waals surface area contributed by atoms with Gasteiger partial charge in [-0.15, -0.1) is 11.8 Å². The van der Waals surface area contributed by atoms with Crippen molar-refractivity contribution in [2.45, 2.75) is 68.5 Å². The SMILES string of the molecule is CCCC(C)N1CC=C[C@]23S[C@]4(C)C=CCN(c5ccc(OCC)cc5)C(=O)[C@@H]4[C@H]2C(=O)N(CCCO)C3C1=O. The standard InChI is InChI=1S/C31H41N3O5S/c1-5-10-21(3)32-17-8-16-31-25(28(37)34(19-9-20-35)26(31)29(32)38)24-27(36)33(18-7-15-30(24,4)40-31)22-11-13-23(14-12-22)39-6-2/h7-8,11-16,21,24-26,35H,5-6,9-10,17-20H2,1-4H3/t21?,24-,25-,26?,30+,31-/m0/s1. The van der Waals surface area contributed by atoms with Crippen molar-refractivity contribution in [1.82, 2.24) is 9.80 Å². The number of hydrogen-bond acceptors (Lipinski definition) is 6. The van der Waals surface area contributed by atoms with Gasteiger partial charge in [0.15, 0.2) is 0 Å². The van der Waals surface area contributed by atoms with Crippen LogP contribution in [0.1, 0.15) is 47.0 Å². The molecule has 1 spiro atoms. The van der Waals surface area contributed by atoms with E-state index in [0.717, 1.165) is 24.3 Å². The number of likely N-dealkylation sites (tertiary alicyclic amines) is 1. The number of aliphatic hydroxyl groups excluding tert-OH is 1. The second-order valence-electron chi connectivity index (χ2n) is 11.4. The van der Waals surface area contributed by atoms with E-state index in [-0.39, 0.29) is 36.9 Å². The van der Waals surface area contributed by atoms with Crippen LogP contribution in [0.2, 0.25) is 0 Å². The Morgan fingerprint density at radius 2 is 1.75 bits per heavy atom. The summed E-state index contributed by atoms with van der Waals surface area (Å²) in [5.41, 5.74) is 0.750. The van der Waals surface area contributed by atoms with E-state index >= 15 is 0 Å². The Morgan fingerprint density at radius 3 is 2.42 bits per heavy atom. The predicted molar refractivity (Wildman–Crippen MR) is 157 cm³/mol. The molecule has 0 saturated carbocycles. The number of hydrogen-bond donors (Lipinski definition) is 1. The maximum absolute atomic E-state index is 14.5. The Hall–Kier alpha value is -2.78. The highest BCUT2D eigenvalue weighted by atomic mass is 32.2. The molecule has 5 rings (SSSR count). The van der Waals surface area contributed by atoms with Gasteiger partial charge in [0.05, 0.1) is 23.2 Å². The Kier molecular flexibility index (Phi) is 8.08. The van der Waals surface area contributed by atoms with Crippen LogP contribution in [0.3, 0.4) is 0 Å². The van der Waals surface area contributed by atoms with Crippen LogP contribution in [0.15, 0.2) is 48.6 Å².